The highest BCUT2D eigenvalue weighted by atomic mass is 16.4. The van der Waals surface area contributed by atoms with Crippen molar-refractivity contribution in [2.45, 2.75) is 44.7 Å². The van der Waals surface area contributed by atoms with Crippen LogP contribution in [0.25, 0.3) is 0 Å². The normalized spacial score (nSPS) is 17.6. The van der Waals surface area contributed by atoms with E-state index in [9.17, 15) is 9.59 Å². The molecule has 1 saturated carbocycles. The molecule has 98 valence electrons. The maximum Gasteiger partial charge on any atom is 0.325 e. The van der Waals surface area contributed by atoms with Crippen molar-refractivity contribution in [2.75, 3.05) is 0 Å². The number of aliphatic carboxylic acids is 1. The Morgan fingerprint density at radius 1 is 1.50 bits per heavy atom. The second-order valence-corrected chi connectivity index (χ2v) is 4.65. The molecule has 1 amide bonds. The van der Waals surface area contributed by atoms with E-state index < -0.39 is 17.9 Å². The van der Waals surface area contributed by atoms with Crippen LogP contribution in [-0.4, -0.2) is 32.8 Å². The van der Waals surface area contributed by atoms with Crippen molar-refractivity contribution >= 4 is 11.9 Å². The first-order chi connectivity index (χ1) is 8.58. The lowest BCUT2D eigenvalue weighted by Crippen LogP contribution is -2.38. The molecule has 0 aliphatic heterocycles. The van der Waals surface area contributed by atoms with Crippen LogP contribution < -0.4 is 5.32 Å². The van der Waals surface area contributed by atoms with E-state index in [0.29, 0.717) is 6.04 Å². The number of hydrogen-bond acceptors (Lipinski definition) is 3. The molecule has 6 heteroatoms. The first-order valence-corrected chi connectivity index (χ1v) is 6.17. The van der Waals surface area contributed by atoms with Crippen LogP contribution in [-0.2, 0) is 4.79 Å². The molecule has 0 bridgehead atoms. The highest BCUT2D eigenvalue weighted by Crippen LogP contribution is 2.28. The molecule has 2 rings (SSSR count). The Labute approximate surface area is 105 Å². The van der Waals surface area contributed by atoms with Crippen LogP contribution in [0.5, 0.6) is 0 Å². The molecule has 18 heavy (non-hydrogen) atoms. The summed E-state index contributed by atoms with van der Waals surface area (Å²) in [6, 6.07) is 1.10. The summed E-state index contributed by atoms with van der Waals surface area (Å²) in [5.74, 6) is -1.50. The Morgan fingerprint density at radius 3 is 2.78 bits per heavy atom. The number of amides is 1. The van der Waals surface area contributed by atoms with Gasteiger partial charge in [-0.15, -0.1) is 0 Å². The highest BCUT2D eigenvalue weighted by Gasteiger charge is 2.20. The predicted molar refractivity (Wildman–Crippen MR) is 64.3 cm³/mol. The van der Waals surface area contributed by atoms with Crippen LogP contribution in [0.2, 0.25) is 0 Å². The molecule has 1 aliphatic carbocycles. The van der Waals surface area contributed by atoms with Gasteiger partial charge < -0.3 is 10.4 Å². The van der Waals surface area contributed by atoms with Crippen LogP contribution >= 0.6 is 0 Å². The van der Waals surface area contributed by atoms with Gasteiger partial charge in [0.15, 0.2) is 0 Å². The molecule has 1 heterocycles. The van der Waals surface area contributed by atoms with Crippen molar-refractivity contribution in [3.63, 3.8) is 0 Å². The van der Waals surface area contributed by atoms with E-state index in [0.717, 1.165) is 12.8 Å². The minimum Gasteiger partial charge on any atom is -0.480 e. The zero-order valence-corrected chi connectivity index (χ0v) is 10.3. The Morgan fingerprint density at radius 2 is 2.17 bits per heavy atom. The molecule has 1 aliphatic rings. The standard InChI is InChI=1S/C12H17N3O3/c1-8(12(17)18)13-11(16)10-6-7-15(14-10)9-4-2-3-5-9/h6-9H,2-5H2,1H3,(H,13,16)(H,17,18). The molecule has 1 unspecified atom stereocenters. The molecule has 1 fully saturated rings. The quantitative estimate of drug-likeness (QED) is 0.842. The average Bonchev–Trinajstić information content (AvgIpc) is 2.99. The fourth-order valence-electron chi connectivity index (χ4n) is 2.16. The molecule has 2 N–H and O–H groups in total. The summed E-state index contributed by atoms with van der Waals surface area (Å²) in [6.45, 7) is 1.42. The van der Waals surface area contributed by atoms with Gasteiger partial charge >= 0.3 is 5.97 Å². The van der Waals surface area contributed by atoms with Gasteiger partial charge in [-0.05, 0) is 25.8 Å². The summed E-state index contributed by atoms with van der Waals surface area (Å²) < 4.78 is 1.81. The Balaban J connectivity index is 2.00. The molecule has 0 radical (unpaired) electrons. The van der Waals surface area contributed by atoms with Gasteiger partial charge in [-0.1, -0.05) is 12.8 Å². The Bertz CT molecular complexity index is 449. The first-order valence-electron chi connectivity index (χ1n) is 6.17. The van der Waals surface area contributed by atoms with Crippen LogP contribution in [0.4, 0.5) is 0 Å². The lowest BCUT2D eigenvalue weighted by Gasteiger charge is -2.09. The van der Waals surface area contributed by atoms with Gasteiger partial charge in [0.2, 0.25) is 0 Å². The maximum absolute atomic E-state index is 11.7. The van der Waals surface area contributed by atoms with Crippen molar-refractivity contribution in [3.8, 4) is 0 Å². The molecule has 1 aromatic heterocycles. The summed E-state index contributed by atoms with van der Waals surface area (Å²) in [5.41, 5.74) is 0.273. The number of carbonyl (C=O) groups is 2. The van der Waals surface area contributed by atoms with E-state index in [4.69, 9.17) is 5.11 Å². The van der Waals surface area contributed by atoms with Crippen molar-refractivity contribution in [2.24, 2.45) is 0 Å². The number of carboxylic acid groups (broad SMARTS) is 1. The van der Waals surface area contributed by atoms with Crippen LogP contribution in [0, 0.1) is 0 Å². The summed E-state index contributed by atoms with van der Waals surface area (Å²) in [4.78, 5) is 22.4. The summed E-state index contributed by atoms with van der Waals surface area (Å²) >= 11 is 0. The number of rotatable bonds is 4. The van der Waals surface area contributed by atoms with Gasteiger partial charge in [-0.3, -0.25) is 14.3 Å². The fraction of sp³-hybridized carbons (Fsp3) is 0.583. The zero-order chi connectivity index (χ0) is 13.1. The summed E-state index contributed by atoms with van der Waals surface area (Å²) in [5, 5.41) is 15.3. The predicted octanol–water partition coefficient (Wildman–Crippen LogP) is 1.20. The van der Waals surface area contributed by atoms with Gasteiger partial charge in [0.1, 0.15) is 11.7 Å². The molecular formula is C12H17N3O3. The molecule has 6 nitrogen and oxygen atoms in total. The number of carboxylic acids is 1. The Kier molecular flexibility index (Phi) is 3.64. The monoisotopic (exact) mass is 251 g/mol. The van der Waals surface area contributed by atoms with Gasteiger partial charge in [-0.2, -0.15) is 5.10 Å². The zero-order valence-electron chi connectivity index (χ0n) is 10.3. The van der Waals surface area contributed by atoms with Gasteiger partial charge in [0.25, 0.3) is 5.91 Å². The SMILES string of the molecule is CC(NC(=O)c1ccn(C2CCCC2)n1)C(=O)O. The number of nitrogens with one attached hydrogen (secondary N) is 1. The van der Waals surface area contributed by atoms with E-state index in [1.807, 2.05) is 4.68 Å². The number of nitrogens with zero attached hydrogens (tertiary/aromatic N) is 2. The van der Waals surface area contributed by atoms with E-state index in [-0.39, 0.29) is 5.69 Å². The number of carbonyl (C=O) groups excluding carboxylic acids is 1. The summed E-state index contributed by atoms with van der Waals surface area (Å²) in [7, 11) is 0. The molecule has 1 atom stereocenters. The van der Waals surface area contributed by atoms with E-state index in [1.54, 1.807) is 12.3 Å². The van der Waals surface area contributed by atoms with Crippen molar-refractivity contribution < 1.29 is 14.7 Å². The smallest absolute Gasteiger partial charge is 0.325 e. The lowest BCUT2D eigenvalue weighted by atomic mass is 10.3. The second-order valence-electron chi connectivity index (χ2n) is 4.65. The molecular weight excluding hydrogens is 234 g/mol. The minimum absolute atomic E-state index is 0.273. The number of aromatic nitrogens is 2. The fourth-order valence-corrected chi connectivity index (χ4v) is 2.16. The van der Waals surface area contributed by atoms with Gasteiger partial charge in [0, 0.05) is 6.20 Å². The molecule has 0 aromatic carbocycles. The van der Waals surface area contributed by atoms with Gasteiger partial charge in [0.05, 0.1) is 6.04 Å². The van der Waals surface area contributed by atoms with Crippen molar-refractivity contribution in [3.05, 3.63) is 18.0 Å². The van der Waals surface area contributed by atoms with E-state index >= 15 is 0 Å². The van der Waals surface area contributed by atoms with E-state index in [2.05, 4.69) is 10.4 Å². The summed E-state index contributed by atoms with van der Waals surface area (Å²) in [6.07, 6.45) is 6.36. The first kappa shape index (κ1) is 12.6. The second kappa shape index (κ2) is 5.20. The third-order valence-corrected chi connectivity index (χ3v) is 3.26. The van der Waals surface area contributed by atoms with Gasteiger partial charge in [-0.25, -0.2) is 0 Å². The van der Waals surface area contributed by atoms with Crippen LogP contribution in [0.1, 0.15) is 49.1 Å². The molecule has 0 spiro atoms. The van der Waals surface area contributed by atoms with Crippen molar-refractivity contribution in [1.29, 1.82) is 0 Å². The average molecular weight is 251 g/mol. The molecule has 1 aromatic rings. The maximum atomic E-state index is 11.7. The third-order valence-electron chi connectivity index (χ3n) is 3.26. The third kappa shape index (κ3) is 2.69. The Hall–Kier alpha value is -1.85. The van der Waals surface area contributed by atoms with Crippen LogP contribution in [0.3, 0.4) is 0 Å². The highest BCUT2D eigenvalue weighted by molar-refractivity contribution is 5.94. The van der Waals surface area contributed by atoms with E-state index in [1.165, 1.54) is 19.8 Å². The topological polar surface area (TPSA) is 84.2 Å². The largest absolute Gasteiger partial charge is 0.480 e. The van der Waals surface area contributed by atoms with Crippen molar-refractivity contribution in [1.82, 2.24) is 15.1 Å². The number of hydrogen-bond donors (Lipinski definition) is 2. The lowest BCUT2D eigenvalue weighted by molar-refractivity contribution is -0.138. The van der Waals surface area contributed by atoms with Crippen LogP contribution in [0.15, 0.2) is 12.3 Å². The minimum atomic E-state index is -1.06. The molecule has 0 saturated heterocycles.